The van der Waals surface area contributed by atoms with Crippen LogP contribution in [0.25, 0.3) is 0 Å². The average Bonchev–Trinajstić information content (AvgIpc) is 2.92. The number of aryl methyl sites for hydroxylation is 2. The van der Waals surface area contributed by atoms with Crippen molar-refractivity contribution in [3.63, 3.8) is 0 Å². The van der Waals surface area contributed by atoms with Gasteiger partial charge in [0.15, 0.2) is 15.8 Å². The van der Waals surface area contributed by atoms with E-state index in [1.165, 1.54) is 0 Å². The average molecular weight is 369 g/mol. The molecule has 2 aliphatic heterocycles. The van der Waals surface area contributed by atoms with E-state index in [4.69, 9.17) is 0 Å². The molecule has 0 spiro atoms. The van der Waals surface area contributed by atoms with Gasteiger partial charge in [-0.2, -0.15) is 0 Å². The molecule has 3 heterocycles. The maximum atomic E-state index is 12.2. The molecule has 25 heavy (non-hydrogen) atoms. The second-order valence-corrected chi connectivity index (χ2v) is 10.3. The maximum absolute atomic E-state index is 12.2. The van der Waals surface area contributed by atoms with Crippen molar-refractivity contribution in [2.45, 2.75) is 44.9 Å². The lowest BCUT2D eigenvalue weighted by Gasteiger charge is -2.39. The molecule has 0 aliphatic carbocycles. The van der Waals surface area contributed by atoms with Gasteiger partial charge in [0.1, 0.15) is 11.6 Å². The van der Waals surface area contributed by atoms with Crippen LogP contribution in [0.5, 0.6) is 0 Å². The Morgan fingerprint density at radius 1 is 1.40 bits per heavy atom. The summed E-state index contributed by atoms with van der Waals surface area (Å²) in [5, 5.41) is 11.8. The number of hydrogen-bond acceptors (Lipinski definition) is 5. The lowest BCUT2D eigenvalue weighted by atomic mass is 9.99. The monoisotopic (exact) mass is 368 g/mol. The van der Waals surface area contributed by atoms with Crippen LogP contribution in [-0.2, 0) is 22.8 Å². The standard InChI is InChI=1S/C16H28N6O2S/c1-12-19-20-14-6-5-13(10-22(12)14)9-18-15(17-4)21-7-8-25(23,24)16(2,3)11-21/h13H,5-11H2,1-4H3,(H,17,18). The first kappa shape index (κ1) is 18.2. The number of aromatic nitrogens is 3. The third kappa shape index (κ3) is 3.51. The van der Waals surface area contributed by atoms with Crippen LogP contribution in [-0.4, -0.2) is 71.2 Å². The summed E-state index contributed by atoms with van der Waals surface area (Å²) in [6.45, 7) is 8.25. The zero-order valence-electron chi connectivity index (χ0n) is 15.5. The van der Waals surface area contributed by atoms with Gasteiger partial charge in [-0.25, -0.2) is 8.42 Å². The van der Waals surface area contributed by atoms with Gasteiger partial charge < -0.3 is 14.8 Å². The Kier molecular flexibility index (Phi) is 4.78. The van der Waals surface area contributed by atoms with E-state index in [9.17, 15) is 8.42 Å². The Morgan fingerprint density at radius 2 is 2.16 bits per heavy atom. The minimum atomic E-state index is -3.04. The van der Waals surface area contributed by atoms with E-state index in [1.807, 2.05) is 6.92 Å². The third-order valence-corrected chi connectivity index (χ3v) is 7.87. The van der Waals surface area contributed by atoms with E-state index >= 15 is 0 Å². The summed E-state index contributed by atoms with van der Waals surface area (Å²) in [6.07, 6.45) is 2.02. The van der Waals surface area contributed by atoms with Crippen molar-refractivity contribution in [3.05, 3.63) is 11.6 Å². The van der Waals surface area contributed by atoms with Gasteiger partial charge in [0.25, 0.3) is 0 Å². The highest BCUT2D eigenvalue weighted by atomic mass is 32.2. The number of nitrogens with zero attached hydrogens (tertiary/aromatic N) is 5. The minimum absolute atomic E-state index is 0.174. The van der Waals surface area contributed by atoms with Crippen LogP contribution < -0.4 is 5.32 Å². The summed E-state index contributed by atoms with van der Waals surface area (Å²) in [7, 11) is -1.29. The molecule has 140 valence electrons. The summed E-state index contributed by atoms with van der Waals surface area (Å²) >= 11 is 0. The quantitative estimate of drug-likeness (QED) is 0.594. The summed E-state index contributed by atoms with van der Waals surface area (Å²) in [5.74, 6) is 3.48. The van der Waals surface area contributed by atoms with Gasteiger partial charge in [0, 0.05) is 39.6 Å². The minimum Gasteiger partial charge on any atom is -0.356 e. The number of fused-ring (bicyclic) bond motifs is 1. The van der Waals surface area contributed by atoms with Crippen LogP contribution in [0.15, 0.2) is 4.99 Å². The molecule has 0 aromatic carbocycles. The molecule has 1 N–H and O–H groups in total. The second kappa shape index (κ2) is 6.59. The van der Waals surface area contributed by atoms with Crippen molar-refractivity contribution in [3.8, 4) is 0 Å². The number of rotatable bonds is 2. The van der Waals surface area contributed by atoms with Crippen LogP contribution >= 0.6 is 0 Å². The van der Waals surface area contributed by atoms with Gasteiger partial charge in [-0.05, 0) is 33.1 Å². The highest BCUT2D eigenvalue weighted by Crippen LogP contribution is 2.24. The second-order valence-electron chi connectivity index (χ2n) is 7.61. The first-order valence-electron chi connectivity index (χ1n) is 8.80. The van der Waals surface area contributed by atoms with E-state index < -0.39 is 14.6 Å². The van der Waals surface area contributed by atoms with Crippen molar-refractivity contribution >= 4 is 15.8 Å². The van der Waals surface area contributed by atoms with Gasteiger partial charge in [0.2, 0.25) is 0 Å². The molecule has 0 bridgehead atoms. The smallest absolute Gasteiger partial charge is 0.193 e. The van der Waals surface area contributed by atoms with Crippen LogP contribution in [0.2, 0.25) is 0 Å². The number of hydrogen-bond donors (Lipinski definition) is 1. The summed E-state index contributed by atoms with van der Waals surface area (Å²) < 4.78 is 25.8. The summed E-state index contributed by atoms with van der Waals surface area (Å²) in [4.78, 5) is 6.42. The molecular weight excluding hydrogens is 340 g/mol. The first-order valence-corrected chi connectivity index (χ1v) is 10.5. The number of aliphatic imine (C=N–C) groups is 1. The van der Waals surface area contributed by atoms with Crippen molar-refractivity contribution < 1.29 is 8.42 Å². The Morgan fingerprint density at radius 3 is 2.84 bits per heavy atom. The molecule has 2 aliphatic rings. The molecule has 1 aromatic heterocycles. The van der Waals surface area contributed by atoms with Gasteiger partial charge >= 0.3 is 0 Å². The van der Waals surface area contributed by atoms with Crippen LogP contribution in [0.4, 0.5) is 0 Å². The van der Waals surface area contributed by atoms with Gasteiger partial charge in [-0.3, -0.25) is 4.99 Å². The lowest BCUT2D eigenvalue weighted by molar-refractivity contribution is 0.332. The number of guanidine groups is 1. The molecule has 1 saturated heterocycles. The zero-order valence-corrected chi connectivity index (χ0v) is 16.3. The van der Waals surface area contributed by atoms with Crippen molar-refractivity contribution in [2.75, 3.05) is 32.4 Å². The van der Waals surface area contributed by atoms with Gasteiger partial charge in [-0.15, -0.1) is 10.2 Å². The number of nitrogens with one attached hydrogen (secondary N) is 1. The molecule has 1 fully saturated rings. The summed E-state index contributed by atoms with van der Waals surface area (Å²) in [5.41, 5.74) is 0. The molecule has 1 atom stereocenters. The van der Waals surface area contributed by atoms with E-state index in [1.54, 1.807) is 20.9 Å². The number of sulfone groups is 1. The van der Waals surface area contributed by atoms with E-state index in [0.717, 1.165) is 43.5 Å². The third-order valence-electron chi connectivity index (χ3n) is 5.33. The predicted molar refractivity (Wildman–Crippen MR) is 97.4 cm³/mol. The molecule has 0 saturated carbocycles. The fourth-order valence-corrected chi connectivity index (χ4v) is 4.95. The Bertz CT molecular complexity index is 768. The highest BCUT2D eigenvalue weighted by molar-refractivity contribution is 7.92. The Balaban J connectivity index is 1.60. The van der Waals surface area contributed by atoms with Crippen molar-refractivity contribution in [2.24, 2.45) is 10.9 Å². The van der Waals surface area contributed by atoms with Crippen molar-refractivity contribution in [1.82, 2.24) is 25.0 Å². The van der Waals surface area contributed by atoms with Crippen LogP contribution in [0.1, 0.15) is 31.9 Å². The van der Waals surface area contributed by atoms with E-state index in [-0.39, 0.29) is 5.75 Å². The van der Waals surface area contributed by atoms with E-state index in [2.05, 4.69) is 30.0 Å². The largest absolute Gasteiger partial charge is 0.356 e. The fourth-order valence-electron chi connectivity index (χ4n) is 3.59. The zero-order chi connectivity index (χ0) is 18.2. The van der Waals surface area contributed by atoms with Crippen molar-refractivity contribution in [1.29, 1.82) is 0 Å². The van der Waals surface area contributed by atoms with Crippen LogP contribution in [0, 0.1) is 12.8 Å². The molecule has 0 amide bonds. The maximum Gasteiger partial charge on any atom is 0.193 e. The predicted octanol–water partition coefficient (Wildman–Crippen LogP) is 0.233. The van der Waals surface area contributed by atoms with Gasteiger partial charge in [0.05, 0.1) is 10.5 Å². The Hall–Kier alpha value is -1.64. The molecule has 8 nitrogen and oxygen atoms in total. The highest BCUT2D eigenvalue weighted by Gasteiger charge is 2.41. The normalized spacial score (nSPS) is 25.5. The topological polar surface area (TPSA) is 92.5 Å². The molecular formula is C16H28N6O2S. The van der Waals surface area contributed by atoms with Crippen LogP contribution in [0.3, 0.4) is 0 Å². The summed E-state index contributed by atoms with van der Waals surface area (Å²) in [6, 6.07) is 0. The first-order chi connectivity index (χ1) is 11.7. The Labute approximate surface area is 149 Å². The molecule has 1 unspecified atom stereocenters. The SMILES string of the molecule is CN=C(NCC1CCc2nnc(C)n2C1)N1CCS(=O)(=O)C(C)(C)C1. The molecule has 9 heteroatoms. The van der Waals surface area contributed by atoms with Gasteiger partial charge in [-0.1, -0.05) is 0 Å². The molecule has 0 radical (unpaired) electrons. The molecule has 3 rings (SSSR count). The molecule has 1 aromatic rings. The lowest BCUT2D eigenvalue weighted by Crippen LogP contribution is -2.57. The fraction of sp³-hybridized carbons (Fsp3) is 0.812. The van der Waals surface area contributed by atoms with E-state index in [0.29, 0.717) is 19.0 Å².